The Bertz CT molecular complexity index is 2320. The third kappa shape index (κ3) is 4.89. The van der Waals surface area contributed by atoms with Gasteiger partial charge in [0.1, 0.15) is 0 Å². The molecule has 0 aromatic heterocycles. The summed E-state index contributed by atoms with van der Waals surface area (Å²) in [6, 6.07) is 52.6. The van der Waals surface area contributed by atoms with E-state index in [1.807, 2.05) is 0 Å². The van der Waals surface area contributed by atoms with Crippen molar-refractivity contribution in [2.45, 2.75) is 69.2 Å². The van der Waals surface area contributed by atoms with E-state index >= 15 is 0 Å². The van der Waals surface area contributed by atoms with Gasteiger partial charge in [0.15, 0.2) is 0 Å². The molecule has 1 unspecified atom stereocenters. The Morgan fingerprint density at radius 3 is 1.86 bits per heavy atom. The van der Waals surface area contributed by atoms with E-state index in [-0.39, 0.29) is 11.5 Å². The molecule has 1 nitrogen and oxygen atoms in total. The summed E-state index contributed by atoms with van der Waals surface area (Å²) in [7, 11) is 0. The lowest BCUT2D eigenvalue weighted by atomic mass is 9.77. The van der Waals surface area contributed by atoms with Crippen molar-refractivity contribution < 1.29 is 0 Å². The first-order chi connectivity index (χ1) is 25.0. The first-order valence-electron chi connectivity index (χ1n) is 19.1. The highest BCUT2D eigenvalue weighted by Crippen LogP contribution is 2.56. The van der Waals surface area contributed by atoms with Crippen LogP contribution in [-0.2, 0) is 10.8 Å². The van der Waals surface area contributed by atoms with Gasteiger partial charge in [-0.25, -0.2) is 0 Å². The van der Waals surface area contributed by atoms with E-state index in [2.05, 4.69) is 170 Å². The zero-order valence-corrected chi connectivity index (χ0v) is 29.8. The van der Waals surface area contributed by atoms with Crippen LogP contribution >= 0.6 is 0 Å². The molecule has 250 valence electrons. The molecule has 10 rings (SSSR count). The zero-order chi connectivity index (χ0) is 34.2. The number of fused-ring (bicyclic) bond motifs is 6. The maximum Gasteiger partial charge on any atom is 0.0563 e. The quantitative estimate of drug-likeness (QED) is 0.172. The summed E-state index contributed by atoms with van der Waals surface area (Å²) in [6.07, 6.45) is 13.0. The summed E-state index contributed by atoms with van der Waals surface area (Å²) < 4.78 is 0. The van der Waals surface area contributed by atoms with Crippen molar-refractivity contribution >= 4 is 27.7 Å². The molecule has 0 spiro atoms. The third-order valence-corrected chi connectivity index (χ3v) is 13.1. The Labute approximate surface area is 303 Å². The van der Waals surface area contributed by atoms with Gasteiger partial charge in [-0.15, -0.1) is 0 Å². The molecular weight excluding hydrogens is 615 g/mol. The molecule has 0 amide bonds. The topological polar surface area (TPSA) is 3.24 Å². The van der Waals surface area contributed by atoms with Crippen LogP contribution in [-0.4, -0.2) is 6.04 Å². The highest BCUT2D eigenvalue weighted by Gasteiger charge is 2.46. The molecule has 6 aromatic carbocycles. The summed E-state index contributed by atoms with van der Waals surface area (Å²) in [5.74, 6) is 0.943. The summed E-state index contributed by atoms with van der Waals surface area (Å²) >= 11 is 0. The molecule has 51 heavy (non-hydrogen) atoms. The van der Waals surface area contributed by atoms with Crippen molar-refractivity contribution in [3.8, 4) is 22.3 Å². The predicted molar refractivity (Wildman–Crippen MR) is 216 cm³/mol. The van der Waals surface area contributed by atoms with Crippen LogP contribution in [0.2, 0.25) is 0 Å². The van der Waals surface area contributed by atoms with E-state index in [9.17, 15) is 0 Å². The fraction of sp³-hybridized carbons (Fsp3) is 0.240. The molecule has 2 fully saturated rings. The number of nitrogens with zero attached hydrogens (tertiary/aromatic N) is 1. The molecule has 2 saturated carbocycles. The zero-order valence-electron chi connectivity index (χ0n) is 29.8. The Hall–Kier alpha value is -5.14. The van der Waals surface area contributed by atoms with Gasteiger partial charge in [0.2, 0.25) is 0 Å². The summed E-state index contributed by atoms with van der Waals surface area (Å²) in [5.41, 5.74) is 15.3. The third-order valence-electron chi connectivity index (χ3n) is 13.1. The van der Waals surface area contributed by atoms with Crippen molar-refractivity contribution in [2.75, 3.05) is 4.90 Å². The van der Waals surface area contributed by atoms with Gasteiger partial charge >= 0.3 is 0 Å². The van der Waals surface area contributed by atoms with Gasteiger partial charge in [0.25, 0.3) is 0 Å². The minimum Gasteiger partial charge on any atom is -0.334 e. The number of hydrogen-bond donors (Lipinski definition) is 0. The molecule has 0 heterocycles. The molecule has 0 N–H and O–H groups in total. The minimum atomic E-state index is -0.0219. The smallest absolute Gasteiger partial charge is 0.0563 e. The Morgan fingerprint density at radius 2 is 1.20 bits per heavy atom. The summed E-state index contributed by atoms with van der Waals surface area (Å²) in [6.45, 7) is 4.80. The number of anilines is 2. The van der Waals surface area contributed by atoms with Gasteiger partial charge in [-0.1, -0.05) is 141 Å². The van der Waals surface area contributed by atoms with Crippen LogP contribution in [0, 0.1) is 5.92 Å². The standard InChI is InChI=1S/C50H45N/c1-49(2)46-17-7-6-14-44(46)45-27-26-41(32-47(45)49)51(40-24-20-38(21-25-40)50-30-28-34(33-50)29-31-50)39-22-18-36(19-23-39)43-16-9-13-37-12-8-15-42(48(37)43)35-10-4-3-5-11-35/h3-25,27,32,34,41H,26,28-31,33H2,1-2H3. The van der Waals surface area contributed by atoms with E-state index < -0.39 is 0 Å². The number of hydrogen-bond acceptors (Lipinski definition) is 1. The van der Waals surface area contributed by atoms with E-state index in [0.29, 0.717) is 5.41 Å². The maximum absolute atomic E-state index is 2.61. The van der Waals surface area contributed by atoms with Gasteiger partial charge in [-0.05, 0) is 135 Å². The van der Waals surface area contributed by atoms with E-state index in [1.54, 1.807) is 5.56 Å². The van der Waals surface area contributed by atoms with Crippen LogP contribution in [0.5, 0.6) is 0 Å². The second-order valence-corrected chi connectivity index (χ2v) is 16.1. The first-order valence-corrected chi connectivity index (χ1v) is 19.1. The molecule has 6 aromatic rings. The molecule has 1 heteroatoms. The van der Waals surface area contributed by atoms with Gasteiger partial charge in [0, 0.05) is 16.8 Å². The van der Waals surface area contributed by atoms with Crippen molar-refractivity contribution in [3.63, 3.8) is 0 Å². The van der Waals surface area contributed by atoms with Gasteiger partial charge in [-0.2, -0.15) is 0 Å². The van der Waals surface area contributed by atoms with Crippen molar-refractivity contribution in [2.24, 2.45) is 5.92 Å². The predicted octanol–water partition coefficient (Wildman–Crippen LogP) is 13.2. The lowest BCUT2D eigenvalue weighted by Gasteiger charge is -2.36. The van der Waals surface area contributed by atoms with Crippen molar-refractivity contribution in [3.05, 3.63) is 174 Å². The molecule has 0 aliphatic heterocycles. The van der Waals surface area contributed by atoms with Crippen molar-refractivity contribution in [1.29, 1.82) is 0 Å². The fourth-order valence-corrected chi connectivity index (χ4v) is 10.4. The lowest BCUT2D eigenvalue weighted by Crippen LogP contribution is -2.32. The molecule has 0 saturated heterocycles. The SMILES string of the molecule is CC1(C)C2=CC(N(c3ccc(-c4cccc5cccc(-c6ccccc6)c45)cc3)c3ccc(C45CCC(CC4)C5)cc3)CC=C2c2ccccc21. The highest BCUT2D eigenvalue weighted by molar-refractivity contribution is 6.06. The van der Waals surface area contributed by atoms with Crippen LogP contribution in [0.1, 0.15) is 69.1 Å². The van der Waals surface area contributed by atoms with E-state index in [1.165, 1.54) is 98.8 Å². The average molecular weight is 660 g/mol. The number of rotatable bonds is 6. The minimum absolute atomic E-state index is 0.0219. The summed E-state index contributed by atoms with van der Waals surface area (Å²) in [5, 5.41) is 2.58. The fourth-order valence-electron chi connectivity index (χ4n) is 10.4. The van der Waals surface area contributed by atoms with Crippen LogP contribution in [0.25, 0.3) is 38.6 Å². The monoisotopic (exact) mass is 659 g/mol. The van der Waals surface area contributed by atoms with Gasteiger partial charge in [-0.3, -0.25) is 0 Å². The first kappa shape index (κ1) is 30.7. The normalized spacial score (nSPS) is 22.7. The van der Waals surface area contributed by atoms with E-state index in [4.69, 9.17) is 0 Å². The maximum atomic E-state index is 2.61. The van der Waals surface area contributed by atoms with Crippen LogP contribution in [0.4, 0.5) is 11.4 Å². The Morgan fingerprint density at radius 1 is 0.588 bits per heavy atom. The molecule has 0 radical (unpaired) electrons. The van der Waals surface area contributed by atoms with Gasteiger partial charge in [0.05, 0.1) is 6.04 Å². The molecule has 4 aliphatic carbocycles. The van der Waals surface area contributed by atoms with Crippen LogP contribution < -0.4 is 4.90 Å². The second-order valence-electron chi connectivity index (χ2n) is 16.1. The van der Waals surface area contributed by atoms with Crippen LogP contribution in [0.15, 0.2) is 157 Å². The lowest BCUT2D eigenvalue weighted by molar-refractivity contribution is 0.419. The summed E-state index contributed by atoms with van der Waals surface area (Å²) in [4.78, 5) is 2.61. The van der Waals surface area contributed by atoms with E-state index in [0.717, 1.165) is 12.3 Å². The van der Waals surface area contributed by atoms with Crippen molar-refractivity contribution in [1.82, 2.24) is 0 Å². The molecule has 2 bridgehead atoms. The highest BCUT2D eigenvalue weighted by atomic mass is 15.2. The van der Waals surface area contributed by atoms with Gasteiger partial charge < -0.3 is 4.90 Å². The second kappa shape index (κ2) is 11.7. The Balaban J connectivity index is 1.06. The number of allylic oxidation sites excluding steroid dienone is 2. The molecule has 1 atom stereocenters. The molecular formula is C50H45N. The van der Waals surface area contributed by atoms with Crippen LogP contribution in [0.3, 0.4) is 0 Å². The average Bonchev–Trinajstić information content (AvgIpc) is 3.87. The Kier molecular flexibility index (Phi) is 7.04. The number of benzene rings is 6. The molecule has 4 aliphatic rings. The largest absolute Gasteiger partial charge is 0.334 e.